The van der Waals surface area contributed by atoms with Gasteiger partial charge in [-0.15, -0.1) is 0 Å². The van der Waals surface area contributed by atoms with E-state index in [0.717, 1.165) is 23.0 Å². The van der Waals surface area contributed by atoms with Gasteiger partial charge in [-0.3, -0.25) is 4.68 Å². The minimum absolute atomic E-state index is 0.118. The number of alkyl halides is 3. The summed E-state index contributed by atoms with van der Waals surface area (Å²) in [6.07, 6.45) is -2.72. The maximum Gasteiger partial charge on any atom is 0.416 e. The lowest BCUT2D eigenvalue weighted by atomic mass is 10.1. The first kappa shape index (κ1) is 16.8. The molecule has 130 valence electrons. The van der Waals surface area contributed by atoms with E-state index in [1.807, 2.05) is 6.07 Å². The number of carbonyl (C=O) groups excluding carboxylic acids is 1. The number of hydrogen-bond acceptors (Lipinski definition) is 2. The highest BCUT2D eigenvalue weighted by molar-refractivity contribution is 6.00. The molecule has 1 heterocycles. The number of benzene rings is 2. The minimum Gasteiger partial charge on any atom is -0.334 e. The van der Waals surface area contributed by atoms with Crippen molar-refractivity contribution in [3.8, 4) is 0 Å². The lowest BCUT2D eigenvalue weighted by molar-refractivity contribution is -0.137. The van der Waals surface area contributed by atoms with Crippen LogP contribution in [0.4, 0.5) is 23.7 Å². The molecule has 5 nitrogen and oxygen atoms in total. The van der Waals surface area contributed by atoms with Gasteiger partial charge >= 0.3 is 12.2 Å². The van der Waals surface area contributed by atoms with Crippen molar-refractivity contribution in [3.05, 3.63) is 59.8 Å². The second-order valence-corrected chi connectivity index (χ2v) is 5.51. The third kappa shape index (κ3) is 3.73. The van der Waals surface area contributed by atoms with Crippen LogP contribution in [-0.2, 0) is 19.8 Å². The van der Waals surface area contributed by atoms with Crippen LogP contribution in [0, 0.1) is 0 Å². The van der Waals surface area contributed by atoms with Crippen molar-refractivity contribution >= 4 is 22.6 Å². The number of fused-ring (bicyclic) bond motifs is 1. The number of aryl methyl sites for hydroxylation is 1. The first-order valence-corrected chi connectivity index (χ1v) is 7.46. The average Bonchev–Trinajstić information content (AvgIpc) is 2.95. The minimum atomic E-state index is -4.37. The molecule has 0 aliphatic carbocycles. The summed E-state index contributed by atoms with van der Waals surface area (Å²) in [6, 6.07) is 9.65. The van der Waals surface area contributed by atoms with E-state index in [-0.39, 0.29) is 6.54 Å². The van der Waals surface area contributed by atoms with Gasteiger partial charge in [-0.05, 0) is 29.8 Å². The number of aromatic nitrogens is 2. The fraction of sp³-hybridized carbons (Fsp3) is 0.176. The Bertz CT molecular complexity index is 900. The summed E-state index contributed by atoms with van der Waals surface area (Å²) in [4.78, 5) is 12.0. The Hall–Kier alpha value is -3.03. The Kier molecular flexibility index (Phi) is 4.35. The third-order valence-electron chi connectivity index (χ3n) is 3.77. The molecule has 0 saturated heterocycles. The number of urea groups is 1. The molecule has 0 radical (unpaired) electrons. The zero-order valence-corrected chi connectivity index (χ0v) is 13.3. The van der Waals surface area contributed by atoms with Crippen molar-refractivity contribution in [3.63, 3.8) is 0 Å². The van der Waals surface area contributed by atoms with Gasteiger partial charge < -0.3 is 10.6 Å². The molecule has 0 aliphatic heterocycles. The van der Waals surface area contributed by atoms with Gasteiger partial charge in [0.2, 0.25) is 0 Å². The molecule has 0 fully saturated rings. The molecule has 0 atom stereocenters. The fourth-order valence-electron chi connectivity index (χ4n) is 2.45. The molecular weight excluding hydrogens is 333 g/mol. The molecular formula is C17H15F3N4O. The quantitative estimate of drug-likeness (QED) is 0.754. The maximum atomic E-state index is 12.5. The Balaban J connectivity index is 1.63. The molecule has 0 saturated carbocycles. The molecule has 3 aromatic rings. The molecule has 2 N–H and O–H groups in total. The summed E-state index contributed by atoms with van der Waals surface area (Å²) >= 11 is 0. The van der Waals surface area contributed by atoms with Gasteiger partial charge in [0, 0.05) is 19.0 Å². The number of halogens is 3. The normalized spacial score (nSPS) is 11.5. The van der Waals surface area contributed by atoms with E-state index in [0.29, 0.717) is 11.3 Å². The summed E-state index contributed by atoms with van der Waals surface area (Å²) in [5, 5.41) is 10.3. The lowest BCUT2D eigenvalue weighted by Crippen LogP contribution is -2.28. The first-order chi connectivity index (χ1) is 11.8. The van der Waals surface area contributed by atoms with Gasteiger partial charge in [0.05, 0.1) is 23.0 Å². The monoisotopic (exact) mass is 348 g/mol. The Morgan fingerprint density at radius 3 is 2.56 bits per heavy atom. The highest BCUT2D eigenvalue weighted by Crippen LogP contribution is 2.29. The molecule has 8 heteroatoms. The summed E-state index contributed by atoms with van der Waals surface area (Å²) in [5.41, 5.74) is 1.34. The number of nitrogens with zero attached hydrogens (tertiary/aromatic N) is 2. The summed E-state index contributed by atoms with van der Waals surface area (Å²) < 4.78 is 39.3. The highest BCUT2D eigenvalue weighted by atomic mass is 19.4. The van der Waals surface area contributed by atoms with Crippen LogP contribution in [-0.4, -0.2) is 15.8 Å². The Morgan fingerprint density at radius 1 is 1.16 bits per heavy atom. The number of anilines is 1. The van der Waals surface area contributed by atoms with E-state index in [4.69, 9.17) is 0 Å². The van der Waals surface area contributed by atoms with Crippen LogP contribution >= 0.6 is 0 Å². The molecule has 2 amide bonds. The highest BCUT2D eigenvalue weighted by Gasteiger charge is 2.29. The molecule has 0 unspecified atom stereocenters. The van der Waals surface area contributed by atoms with Gasteiger partial charge in [-0.1, -0.05) is 18.2 Å². The lowest BCUT2D eigenvalue weighted by Gasteiger charge is -2.10. The number of nitrogens with one attached hydrogen (secondary N) is 2. The fourth-order valence-corrected chi connectivity index (χ4v) is 2.45. The number of carbonyl (C=O) groups is 1. The first-order valence-electron chi connectivity index (χ1n) is 7.46. The smallest absolute Gasteiger partial charge is 0.334 e. The van der Waals surface area contributed by atoms with Crippen molar-refractivity contribution in [2.24, 2.45) is 7.05 Å². The second kappa shape index (κ2) is 6.46. The van der Waals surface area contributed by atoms with E-state index in [1.54, 1.807) is 30.1 Å². The summed E-state index contributed by atoms with van der Waals surface area (Å²) in [6.45, 7) is 0.118. The topological polar surface area (TPSA) is 59.0 Å². The van der Waals surface area contributed by atoms with Crippen LogP contribution in [0.15, 0.2) is 48.7 Å². The number of rotatable bonds is 3. The maximum absolute atomic E-state index is 12.5. The van der Waals surface area contributed by atoms with Gasteiger partial charge in [-0.2, -0.15) is 18.3 Å². The SMILES string of the molecule is Cn1ncc2c(NC(=O)NCc3ccc(C(F)(F)F)cc3)cccc21. The largest absolute Gasteiger partial charge is 0.416 e. The van der Waals surface area contributed by atoms with Crippen LogP contribution in [0.1, 0.15) is 11.1 Å². The zero-order chi connectivity index (χ0) is 18.0. The molecule has 3 rings (SSSR count). The van der Waals surface area contributed by atoms with Crippen molar-refractivity contribution in [2.75, 3.05) is 5.32 Å². The molecule has 0 aliphatic rings. The Labute approximate surface area is 141 Å². The molecule has 0 spiro atoms. The van der Waals surface area contributed by atoms with E-state index in [1.165, 1.54) is 12.1 Å². The molecule has 2 aromatic carbocycles. The number of hydrogen-bond donors (Lipinski definition) is 2. The van der Waals surface area contributed by atoms with Crippen LogP contribution in [0.25, 0.3) is 10.9 Å². The van der Waals surface area contributed by atoms with E-state index in [2.05, 4.69) is 15.7 Å². The van der Waals surface area contributed by atoms with Gasteiger partial charge in [0.1, 0.15) is 0 Å². The second-order valence-electron chi connectivity index (χ2n) is 5.51. The van der Waals surface area contributed by atoms with Crippen LogP contribution in [0.5, 0.6) is 0 Å². The van der Waals surface area contributed by atoms with Crippen molar-refractivity contribution in [1.29, 1.82) is 0 Å². The molecule has 25 heavy (non-hydrogen) atoms. The van der Waals surface area contributed by atoms with Crippen molar-refractivity contribution in [2.45, 2.75) is 12.7 Å². The van der Waals surface area contributed by atoms with E-state index in [9.17, 15) is 18.0 Å². The Morgan fingerprint density at radius 2 is 1.88 bits per heavy atom. The molecule has 0 bridgehead atoms. The zero-order valence-electron chi connectivity index (χ0n) is 13.3. The number of amides is 2. The van der Waals surface area contributed by atoms with Crippen LogP contribution in [0.2, 0.25) is 0 Å². The van der Waals surface area contributed by atoms with Crippen LogP contribution < -0.4 is 10.6 Å². The van der Waals surface area contributed by atoms with Crippen molar-refractivity contribution in [1.82, 2.24) is 15.1 Å². The van der Waals surface area contributed by atoms with E-state index < -0.39 is 17.8 Å². The summed E-state index contributed by atoms with van der Waals surface area (Å²) in [7, 11) is 1.80. The van der Waals surface area contributed by atoms with Crippen LogP contribution in [0.3, 0.4) is 0 Å². The van der Waals surface area contributed by atoms with Gasteiger partial charge in [0.15, 0.2) is 0 Å². The molecule has 1 aromatic heterocycles. The van der Waals surface area contributed by atoms with E-state index >= 15 is 0 Å². The average molecular weight is 348 g/mol. The summed E-state index contributed by atoms with van der Waals surface area (Å²) in [5.74, 6) is 0. The predicted molar refractivity (Wildman–Crippen MR) is 88.0 cm³/mol. The third-order valence-corrected chi connectivity index (χ3v) is 3.77. The predicted octanol–water partition coefficient (Wildman–Crippen LogP) is 3.91. The van der Waals surface area contributed by atoms with Crippen molar-refractivity contribution < 1.29 is 18.0 Å². The standard InChI is InChI=1S/C17H15F3N4O/c1-24-15-4-2-3-14(13(15)10-22-24)23-16(25)21-9-11-5-7-12(8-6-11)17(18,19)20/h2-8,10H,9H2,1H3,(H2,21,23,25). The van der Waals surface area contributed by atoms with Gasteiger partial charge in [-0.25, -0.2) is 4.79 Å². The van der Waals surface area contributed by atoms with Gasteiger partial charge in [0.25, 0.3) is 0 Å².